The van der Waals surface area contributed by atoms with E-state index in [-0.39, 0.29) is 29.8 Å². The molecule has 1 aliphatic heterocycles. The lowest BCUT2D eigenvalue weighted by atomic mass is 9.86. The number of likely N-dealkylation sites (tertiary alicyclic amines) is 1. The van der Waals surface area contributed by atoms with Crippen LogP contribution in [0.25, 0.3) is 0 Å². The summed E-state index contributed by atoms with van der Waals surface area (Å²) in [7, 11) is 1.68. The summed E-state index contributed by atoms with van der Waals surface area (Å²) in [5, 5.41) is 0. The number of ether oxygens (including phenoxy) is 1. The fraction of sp³-hybridized carbons (Fsp3) is 0.909. The van der Waals surface area contributed by atoms with Crippen molar-refractivity contribution >= 4 is 18.3 Å². The van der Waals surface area contributed by atoms with E-state index in [9.17, 15) is 4.79 Å². The number of hydrogen-bond acceptors (Lipinski definition) is 3. The molecular weight excluding hydrogens is 228 g/mol. The van der Waals surface area contributed by atoms with E-state index in [0.717, 1.165) is 13.0 Å². The highest BCUT2D eigenvalue weighted by atomic mass is 35.5. The molecule has 5 heteroatoms. The Labute approximate surface area is 104 Å². The second-order valence-electron chi connectivity index (χ2n) is 5.27. The first-order valence-electron chi connectivity index (χ1n) is 5.43. The van der Waals surface area contributed by atoms with Crippen LogP contribution in [0.15, 0.2) is 0 Å². The van der Waals surface area contributed by atoms with Crippen molar-refractivity contribution in [1.29, 1.82) is 0 Å². The third-order valence-corrected chi connectivity index (χ3v) is 2.99. The van der Waals surface area contributed by atoms with Gasteiger partial charge in [0.2, 0.25) is 5.91 Å². The number of carbonyl (C=O) groups excluding carboxylic acids is 1. The van der Waals surface area contributed by atoms with Gasteiger partial charge in [0.25, 0.3) is 0 Å². The lowest BCUT2D eigenvalue weighted by Crippen LogP contribution is -2.49. The van der Waals surface area contributed by atoms with E-state index >= 15 is 0 Å². The number of hydrogen-bond donors (Lipinski definition) is 1. The second kappa shape index (κ2) is 5.84. The van der Waals surface area contributed by atoms with E-state index in [1.807, 2.05) is 25.7 Å². The van der Waals surface area contributed by atoms with Crippen molar-refractivity contribution in [3.05, 3.63) is 0 Å². The topological polar surface area (TPSA) is 55.6 Å². The molecular formula is C11H23ClN2O2. The van der Waals surface area contributed by atoms with E-state index in [1.54, 1.807) is 7.11 Å². The van der Waals surface area contributed by atoms with Crippen LogP contribution in [0.5, 0.6) is 0 Å². The lowest BCUT2D eigenvalue weighted by Gasteiger charge is -2.29. The standard InChI is InChI=1S/C11H22N2O2.ClH/c1-11(2,3)9(12)10(14)13-6-5-8(7-13)15-4;/h8-9H,5-7,12H2,1-4H3;1H/t8-,9+;/m0./s1. The van der Waals surface area contributed by atoms with Gasteiger partial charge in [-0.1, -0.05) is 20.8 Å². The smallest absolute Gasteiger partial charge is 0.240 e. The third-order valence-electron chi connectivity index (χ3n) is 2.99. The Kier molecular flexibility index (Phi) is 5.73. The van der Waals surface area contributed by atoms with Gasteiger partial charge in [-0.05, 0) is 11.8 Å². The highest BCUT2D eigenvalue weighted by Gasteiger charge is 2.34. The number of nitrogens with zero attached hydrogens (tertiary/aromatic N) is 1. The van der Waals surface area contributed by atoms with Crippen molar-refractivity contribution in [3.8, 4) is 0 Å². The predicted octanol–water partition coefficient (Wildman–Crippen LogP) is 1.03. The summed E-state index contributed by atoms with van der Waals surface area (Å²) in [6.07, 6.45) is 1.10. The van der Waals surface area contributed by atoms with Crippen LogP contribution in [0.3, 0.4) is 0 Å². The minimum absolute atomic E-state index is 0. The summed E-state index contributed by atoms with van der Waals surface area (Å²) in [4.78, 5) is 13.8. The monoisotopic (exact) mass is 250 g/mol. The Morgan fingerprint density at radius 3 is 2.44 bits per heavy atom. The van der Waals surface area contributed by atoms with E-state index in [2.05, 4.69) is 0 Å². The van der Waals surface area contributed by atoms with E-state index in [1.165, 1.54) is 0 Å². The normalized spacial score (nSPS) is 22.8. The van der Waals surface area contributed by atoms with Gasteiger partial charge in [0.1, 0.15) is 0 Å². The number of amides is 1. The molecule has 2 N–H and O–H groups in total. The minimum atomic E-state index is -0.423. The van der Waals surface area contributed by atoms with E-state index in [4.69, 9.17) is 10.5 Å². The Bertz CT molecular complexity index is 241. The van der Waals surface area contributed by atoms with Crippen LogP contribution in [0, 0.1) is 5.41 Å². The fourth-order valence-corrected chi connectivity index (χ4v) is 1.69. The molecule has 0 spiro atoms. The maximum atomic E-state index is 12.0. The van der Waals surface area contributed by atoms with Gasteiger partial charge in [0.05, 0.1) is 12.1 Å². The quantitative estimate of drug-likeness (QED) is 0.797. The molecule has 0 aliphatic carbocycles. The van der Waals surface area contributed by atoms with Gasteiger partial charge in [-0.25, -0.2) is 0 Å². The van der Waals surface area contributed by atoms with Gasteiger partial charge >= 0.3 is 0 Å². The molecule has 1 aliphatic rings. The molecule has 96 valence electrons. The first-order valence-corrected chi connectivity index (χ1v) is 5.43. The van der Waals surface area contributed by atoms with Crippen molar-refractivity contribution in [1.82, 2.24) is 4.90 Å². The Hall–Kier alpha value is -0.320. The van der Waals surface area contributed by atoms with Crippen LogP contribution in [-0.2, 0) is 9.53 Å². The lowest BCUT2D eigenvalue weighted by molar-refractivity contribution is -0.134. The van der Waals surface area contributed by atoms with Gasteiger partial charge < -0.3 is 15.4 Å². The molecule has 0 bridgehead atoms. The molecule has 1 rings (SSSR count). The van der Waals surface area contributed by atoms with Crippen LogP contribution < -0.4 is 5.73 Å². The van der Waals surface area contributed by atoms with E-state index in [0.29, 0.717) is 6.54 Å². The number of halogens is 1. The first-order chi connectivity index (χ1) is 6.86. The maximum absolute atomic E-state index is 12.0. The van der Waals surface area contributed by atoms with Crippen molar-refractivity contribution in [2.24, 2.45) is 11.1 Å². The van der Waals surface area contributed by atoms with Crippen molar-refractivity contribution in [2.45, 2.75) is 39.3 Å². The molecule has 0 unspecified atom stereocenters. The van der Waals surface area contributed by atoms with E-state index < -0.39 is 6.04 Å². The molecule has 4 nitrogen and oxygen atoms in total. The van der Waals surface area contributed by atoms with Crippen LogP contribution in [0.4, 0.5) is 0 Å². The van der Waals surface area contributed by atoms with Gasteiger partial charge in [0.15, 0.2) is 0 Å². The summed E-state index contributed by atoms with van der Waals surface area (Å²) in [6.45, 7) is 7.40. The predicted molar refractivity (Wildman–Crippen MR) is 66.7 cm³/mol. The number of nitrogens with two attached hydrogens (primary N) is 1. The van der Waals surface area contributed by atoms with Gasteiger partial charge in [-0.2, -0.15) is 0 Å². The largest absolute Gasteiger partial charge is 0.380 e. The average molecular weight is 251 g/mol. The van der Waals surface area contributed by atoms with Crippen LogP contribution in [0.2, 0.25) is 0 Å². The third kappa shape index (κ3) is 3.61. The first kappa shape index (κ1) is 15.7. The molecule has 1 amide bonds. The molecule has 0 aromatic carbocycles. The molecule has 16 heavy (non-hydrogen) atoms. The summed E-state index contributed by atoms with van der Waals surface area (Å²) in [5.74, 6) is 0.0436. The Balaban J connectivity index is 0.00000225. The van der Waals surface area contributed by atoms with Crippen molar-refractivity contribution < 1.29 is 9.53 Å². The van der Waals surface area contributed by atoms with Crippen molar-refractivity contribution in [3.63, 3.8) is 0 Å². The van der Waals surface area contributed by atoms with Gasteiger partial charge in [-0.3, -0.25) is 4.79 Å². The second-order valence-corrected chi connectivity index (χ2v) is 5.27. The highest BCUT2D eigenvalue weighted by Crippen LogP contribution is 2.21. The zero-order valence-corrected chi connectivity index (χ0v) is 11.3. The van der Waals surface area contributed by atoms with Gasteiger partial charge in [0, 0.05) is 20.2 Å². The zero-order valence-electron chi connectivity index (χ0n) is 10.5. The fourth-order valence-electron chi connectivity index (χ4n) is 1.69. The SMILES string of the molecule is CO[C@H]1CCN(C(=O)[C@@H](N)C(C)(C)C)C1.Cl. The van der Waals surface area contributed by atoms with Crippen LogP contribution in [-0.4, -0.2) is 43.2 Å². The maximum Gasteiger partial charge on any atom is 0.240 e. The van der Waals surface area contributed by atoms with Gasteiger partial charge in [-0.15, -0.1) is 12.4 Å². The zero-order chi connectivity index (χ0) is 11.6. The molecule has 1 heterocycles. The van der Waals surface area contributed by atoms with Crippen molar-refractivity contribution in [2.75, 3.05) is 20.2 Å². The minimum Gasteiger partial charge on any atom is -0.380 e. The molecule has 0 radical (unpaired) electrons. The molecule has 1 saturated heterocycles. The molecule has 1 fully saturated rings. The number of carbonyl (C=O) groups is 1. The summed E-state index contributed by atoms with van der Waals surface area (Å²) in [5.41, 5.74) is 5.75. The molecule has 0 aromatic heterocycles. The summed E-state index contributed by atoms with van der Waals surface area (Å²) >= 11 is 0. The Morgan fingerprint density at radius 1 is 1.50 bits per heavy atom. The van der Waals surface area contributed by atoms with Crippen LogP contribution in [0.1, 0.15) is 27.2 Å². The number of methoxy groups -OCH3 is 1. The molecule has 0 aromatic rings. The molecule has 2 atom stereocenters. The highest BCUT2D eigenvalue weighted by molar-refractivity contribution is 5.85. The summed E-state index contributed by atoms with van der Waals surface area (Å²) in [6, 6.07) is -0.423. The Morgan fingerprint density at radius 2 is 2.06 bits per heavy atom. The van der Waals surface area contributed by atoms with Crippen LogP contribution >= 0.6 is 12.4 Å². The average Bonchev–Trinajstić information content (AvgIpc) is 2.62. The number of rotatable bonds is 2. The summed E-state index contributed by atoms with van der Waals surface area (Å²) < 4.78 is 5.22. The molecule has 0 saturated carbocycles.